The van der Waals surface area contributed by atoms with Crippen molar-refractivity contribution in [2.24, 2.45) is 0 Å². The van der Waals surface area contributed by atoms with E-state index in [-0.39, 0.29) is 60.4 Å². The smallest absolute Gasteiger partial charge is 0.395 e. The number of ether oxygens (including phenoxy) is 4. The Morgan fingerprint density at radius 3 is 2.41 bits per heavy atom. The van der Waals surface area contributed by atoms with Crippen LogP contribution in [-0.4, -0.2) is 111 Å². The fraction of sp³-hybridized carbons (Fsp3) is 0.385. The summed E-state index contributed by atoms with van der Waals surface area (Å²) in [6.07, 6.45) is -0.100. The lowest BCUT2D eigenvalue weighted by atomic mass is 9.90. The molecule has 19 heteroatoms. The molecule has 16 nitrogen and oxygen atoms in total. The standard InChI is InChI=1S/C52H55F2N7O9S/c1-34-11-15-43(58-49(65)51(17-18-51)39-12-14-41-42(31-39)70-52(53,54)69-41)57-46(34)37-9-6-10-38(30-37)47(63)55-21-24-67-25-26-68-27-28-71-45-16-13-40-48(64)60(33-56-61(40)45)32-50(66)19-22-59(23-20-50)44(62)29-35(2)36-7-4-3-5-8-36/h3-16,30-31,33,35,66H,17-29,32H2,1-2H3,(H,55,63)(H,57,58,65)/t35-/m1/s1. The normalized spacial score (nSPS) is 16.7. The van der Waals surface area contributed by atoms with Crippen molar-refractivity contribution >= 4 is 40.8 Å². The zero-order valence-electron chi connectivity index (χ0n) is 39.4. The van der Waals surface area contributed by atoms with E-state index in [1.54, 1.807) is 45.8 Å². The van der Waals surface area contributed by atoms with Crippen molar-refractivity contribution < 1.29 is 47.2 Å². The molecular weight excluding hydrogens is 937 g/mol. The number of halogens is 2. The Hall–Kier alpha value is -6.67. The Bertz CT molecular complexity index is 2970. The quantitative estimate of drug-likeness (QED) is 0.0528. The first-order chi connectivity index (χ1) is 34.2. The van der Waals surface area contributed by atoms with Gasteiger partial charge in [-0.05, 0) is 97.7 Å². The second-order valence-electron chi connectivity index (χ2n) is 18.3. The van der Waals surface area contributed by atoms with Gasteiger partial charge in [-0.2, -0.15) is 5.10 Å². The molecule has 3 N–H and O–H groups in total. The minimum atomic E-state index is -3.75. The fourth-order valence-electron chi connectivity index (χ4n) is 8.98. The van der Waals surface area contributed by atoms with E-state index in [1.165, 1.54) is 34.8 Å². The number of aromatic nitrogens is 4. The number of hydrogen-bond donors (Lipinski definition) is 3. The average molecular weight is 992 g/mol. The topological polar surface area (TPSA) is 188 Å². The lowest BCUT2D eigenvalue weighted by molar-refractivity contribution is -0.286. The molecule has 1 saturated carbocycles. The second-order valence-corrected chi connectivity index (χ2v) is 19.4. The summed E-state index contributed by atoms with van der Waals surface area (Å²) in [4.78, 5) is 59.7. The Balaban J connectivity index is 0.667. The first-order valence-corrected chi connectivity index (χ1v) is 24.7. The highest BCUT2D eigenvalue weighted by molar-refractivity contribution is 7.99. The van der Waals surface area contributed by atoms with Crippen molar-refractivity contribution in [2.45, 2.75) is 80.8 Å². The van der Waals surface area contributed by atoms with E-state index in [1.807, 2.05) is 62.4 Å². The molecule has 3 aromatic heterocycles. The molecule has 9 rings (SSSR count). The molecule has 0 unspecified atom stereocenters. The van der Waals surface area contributed by atoms with Crippen LogP contribution < -0.4 is 25.7 Å². The maximum absolute atomic E-state index is 13.6. The lowest BCUT2D eigenvalue weighted by Gasteiger charge is -2.38. The summed E-state index contributed by atoms with van der Waals surface area (Å²) >= 11 is 1.50. The van der Waals surface area contributed by atoms with E-state index >= 15 is 0 Å². The summed E-state index contributed by atoms with van der Waals surface area (Å²) in [6, 6.07) is 28.5. The summed E-state index contributed by atoms with van der Waals surface area (Å²) in [5.74, 6) is 0.270. The van der Waals surface area contributed by atoms with E-state index < -0.39 is 17.3 Å². The van der Waals surface area contributed by atoms with Gasteiger partial charge in [0.2, 0.25) is 11.8 Å². The van der Waals surface area contributed by atoms with Crippen LogP contribution in [0.1, 0.15) is 72.0 Å². The van der Waals surface area contributed by atoms with Gasteiger partial charge in [-0.25, -0.2) is 9.50 Å². The van der Waals surface area contributed by atoms with E-state index in [4.69, 9.17) is 14.5 Å². The van der Waals surface area contributed by atoms with Crippen LogP contribution in [0.4, 0.5) is 14.6 Å². The number of anilines is 1. The molecular formula is C52H55F2N7O9S. The SMILES string of the molecule is Cc1ccc(NC(=O)C2(c3ccc4c(c3)OC(F)(F)O4)CC2)nc1-c1cccc(C(=O)NCCOCCOCCSc2ccc3c(=O)n(CC4(O)CCN(C(=O)C[C@@H](C)c5ccccc5)CC4)cnn23)c1. The van der Waals surface area contributed by atoms with Crippen molar-refractivity contribution in [3.05, 3.63) is 136 Å². The number of alkyl halides is 2. The number of nitrogens with one attached hydrogen (secondary N) is 2. The van der Waals surface area contributed by atoms with Crippen molar-refractivity contribution in [3.8, 4) is 22.8 Å². The third-order valence-electron chi connectivity index (χ3n) is 13.2. The maximum atomic E-state index is 13.6. The molecule has 1 atom stereocenters. The number of pyridine rings is 1. The number of rotatable bonds is 20. The number of piperidine rings is 1. The van der Waals surface area contributed by atoms with Gasteiger partial charge >= 0.3 is 6.29 Å². The fourth-order valence-corrected chi connectivity index (χ4v) is 9.83. The second kappa shape index (κ2) is 21.0. The molecule has 0 spiro atoms. The van der Waals surface area contributed by atoms with Gasteiger partial charge in [0.1, 0.15) is 17.7 Å². The van der Waals surface area contributed by atoms with Crippen molar-refractivity contribution in [3.63, 3.8) is 0 Å². The van der Waals surface area contributed by atoms with Gasteiger partial charge in [0, 0.05) is 42.9 Å². The number of hydrogen-bond acceptors (Lipinski definition) is 12. The Morgan fingerprint density at radius 2 is 1.63 bits per heavy atom. The number of nitrogens with zero attached hydrogens (tertiary/aromatic N) is 5. The summed E-state index contributed by atoms with van der Waals surface area (Å²) in [6.45, 7) is 6.52. The largest absolute Gasteiger partial charge is 0.586 e. The predicted octanol–water partition coefficient (Wildman–Crippen LogP) is 6.96. The molecule has 0 bridgehead atoms. The molecule has 3 aromatic carbocycles. The molecule has 2 fully saturated rings. The van der Waals surface area contributed by atoms with Crippen LogP contribution >= 0.6 is 11.8 Å². The molecule has 1 saturated heterocycles. The highest BCUT2D eigenvalue weighted by atomic mass is 32.2. The van der Waals surface area contributed by atoms with Crippen molar-refractivity contribution in [1.82, 2.24) is 29.4 Å². The Labute approximate surface area is 412 Å². The lowest BCUT2D eigenvalue weighted by Crippen LogP contribution is -2.49. The maximum Gasteiger partial charge on any atom is 0.586 e. The number of carbonyl (C=O) groups is 3. The van der Waals surface area contributed by atoms with Crippen LogP contribution in [0.5, 0.6) is 11.5 Å². The zero-order chi connectivity index (χ0) is 49.8. The monoisotopic (exact) mass is 991 g/mol. The van der Waals surface area contributed by atoms with Gasteiger partial charge in [-0.3, -0.25) is 23.7 Å². The number of aryl methyl sites for hydroxylation is 1. The number of likely N-dealkylation sites (tertiary alicyclic amines) is 1. The van der Waals surface area contributed by atoms with Gasteiger partial charge in [-0.15, -0.1) is 20.5 Å². The number of carbonyl (C=O) groups excluding carboxylic acids is 3. The highest BCUT2D eigenvalue weighted by Crippen LogP contribution is 2.52. The molecule has 0 radical (unpaired) electrons. The molecule has 5 heterocycles. The highest BCUT2D eigenvalue weighted by Gasteiger charge is 2.53. The summed E-state index contributed by atoms with van der Waals surface area (Å²) < 4.78 is 50.8. The van der Waals surface area contributed by atoms with Gasteiger partial charge in [0.15, 0.2) is 11.5 Å². The number of aliphatic hydroxyl groups is 1. The molecule has 6 aromatic rings. The van der Waals surface area contributed by atoms with E-state index in [9.17, 15) is 33.1 Å². The number of benzene rings is 3. The van der Waals surface area contributed by atoms with Gasteiger partial charge < -0.3 is 39.6 Å². The molecule has 372 valence electrons. The third kappa shape index (κ3) is 11.4. The number of thioether (sulfide) groups is 1. The van der Waals surface area contributed by atoms with Crippen molar-refractivity contribution in [1.29, 1.82) is 0 Å². The molecule has 3 aliphatic rings. The molecule has 3 amide bonds. The number of amides is 3. The Kier molecular flexibility index (Phi) is 14.6. The number of fused-ring (bicyclic) bond motifs is 2. The van der Waals surface area contributed by atoms with E-state index in [2.05, 4.69) is 25.2 Å². The van der Waals surface area contributed by atoms with Crippen molar-refractivity contribution in [2.75, 3.05) is 57.1 Å². The van der Waals surface area contributed by atoms with Crippen LogP contribution in [0, 0.1) is 6.92 Å². The third-order valence-corrected chi connectivity index (χ3v) is 14.2. The van der Waals surface area contributed by atoms with E-state index in [0.717, 1.165) is 16.2 Å². The van der Waals surface area contributed by atoms with Crippen LogP contribution in [0.15, 0.2) is 113 Å². The van der Waals surface area contributed by atoms with E-state index in [0.29, 0.717) is 104 Å². The summed E-state index contributed by atoms with van der Waals surface area (Å²) in [5, 5.41) is 22.5. The summed E-state index contributed by atoms with van der Waals surface area (Å²) in [5.41, 5.74) is 2.29. The molecule has 71 heavy (non-hydrogen) atoms. The predicted molar refractivity (Wildman–Crippen MR) is 261 cm³/mol. The molecule has 1 aliphatic carbocycles. The first kappa shape index (κ1) is 49.3. The first-order valence-electron chi connectivity index (χ1n) is 23.7. The molecule has 2 aliphatic heterocycles. The van der Waals surface area contributed by atoms with Crippen LogP contribution in [0.2, 0.25) is 0 Å². The Morgan fingerprint density at radius 1 is 0.873 bits per heavy atom. The minimum Gasteiger partial charge on any atom is -0.395 e. The minimum absolute atomic E-state index is 0.0642. The average Bonchev–Trinajstić information content (AvgIpc) is 3.98. The van der Waals surface area contributed by atoms with Crippen LogP contribution in [0.3, 0.4) is 0 Å². The zero-order valence-corrected chi connectivity index (χ0v) is 40.2. The van der Waals surface area contributed by atoms with Gasteiger partial charge in [-0.1, -0.05) is 61.5 Å². The van der Waals surface area contributed by atoms with Gasteiger partial charge in [0.25, 0.3) is 11.5 Å². The summed E-state index contributed by atoms with van der Waals surface area (Å²) in [7, 11) is 0. The van der Waals surface area contributed by atoms with Gasteiger partial charge in [0.05, 0.1) is 54.7 Å². The van der Waals surface area contributed by atoms with Crippen LogP contribution in [0.25, 0.3) is 16.8 Å². The van der Waals surface area contributed by atoms with Crippen LogP contribution in [-0.2, 0) is 31.0 Å².